The fraction of sp³-hybridized carbons (Fsp3) is 0.333. The molecule has 0 aromatic heterocycles. The first kappa shape index (κ1) is 20.3. The van der Waals surface area contributed by atoms with Gasteiger partial charge < -0.3 is 20.5 Å². The predicted octanol–water partition coefficient (Wildman–Crippen LogP) is 3.76. The van der Waals surface area contributed by atoms with Crippen molar-refractivity contribution in [1.82, 2.24) is 0 Å². The summed E-state index contributed by atoms with van der Waals surface area (Å²) in [6.07, 6.45) is 0. The molecule has 1 amide bonds. The lowest BCUT2D eigenvalue weighted by Crippen LogP contribution is -2.21. The maximum absolute atomic E-state index is 12.8. The van der Waals surface area contributed by atoms with E-state index in [0.717, 1.165) is 5.56 Å². The van der Waals surface area contributed by atoms with E-state index in [0.29, 0.717) is 29.3 Å². The molecule has 0 saturated carbocycles. The lowest BCUT2D eigenvalue weighted by Gasteiger charge is -2.22. The van der Waals surface area contributed by atoms with Crippen LogP contribution in [-0.2, 0) is 14.9 Å². The summed E-state index contributed by atoms with van der Waals surface area (Å²) >= 11 is 0. The zero-order chi connectivity index (χ0) is 20.0. The molecule has 0 aliphatic rings. The monoisotopic (exact) mass is 370 g/mol. The topological polar surface area (TPSA) is 90.7 Å². The average Bonchev–Trinajstić information content (AvgIpc) is 2.62. The first-order valence-corrected chi connectivity index (χ1v) is 8.81. The fourth-order valence-corrected chi connectivity index (χ4v) is 2.60. The zero-order valence-corrected chi connectivity index (χ0v) is 16.2. The summed E-state index contributed by atoms with van der Waals surface area (Å²) in [5, 5.41) is 2.83. The Morgan fingerprint density at radius 1 is 1.11 bits per heavy atom. The Hall–Kier alpha value is -3.02. The van der Waals surface area contributed by atoms with Crippen molar-refractivity contribution < 1.29 is 19.1 Å². The van der Waals surface area contributed by atoms with Gasteiger partial charge in [0.05, 0.1) is 18.0 Å². The van der Waals surface area contributed by atoms with Gasteiger partial charge in [-0.3, -0.25) is 4.79 Å². The number of hydrogen-bond donors (Lipinski definition) is 2. The molecule has 0 radical (unpaired) electrons. The highest BCUT2D eigenvalue weighted by atomic mass is 16.6. The molecule has 0 aliphatic carbocycles. The summed E-state index contributed by atoms with van der Waals surface area (Å²) in [6, 6.07) is 12.3. The Bertz CT molecular complexity index is 825. The van der Waals surface area contributed by atoms with Gasteiger partial charge >= 0.3 is 5.97 Å². The maximum Gasteiger partial charge on any atom is 0.344 e. The number of amides is 1. The molecular formula is C21H26N2O4. The number of anilines is 2. The maximum atomic E-state index is 12.8. The molecule has 6 nitrogen and oxygen atoms in total. The molecule has 0 fully saturated rings. The van der Waals surface area contributed by atoms with Crippen LogP contribution >= 0.6 is 0 Å². The van der Waals surface area contributed by atoms with Gasteiger partial charge in [-0.05, 0) is 36.1 Å². The third-order valence-electron chi connectivity index (χ3n) is 3.91. The lowest BCUT2D eigenvalue weighted by molar-refractivity contribution is -0.145. The van der Waals surface area contributed by atoms with Crippen LogP contribution < -0.4 is 15.8 Å². The number of carbonyl (C=O) groups excluding carboxylic acids is 2. The highest BCUT2D eigenvalue weighted by Crippen LogP contribution is 2.28. The number of ether oxygens (including phenoxy) is 2. The van der Waals surface area contributed by atoms with Gasteiger partial charge in [0.2, 0.25) is 0 Å². The summed E-state index contributed by atoms with van der Waals surface area (Å²) in [5.74, 6) is -0.301. The van der Waals surface area contributed by atoms with Gasteiger partial charge in [0.25, 0.3) is 5.91 Å². The summed E-state index contributed by atoms with van der Waals surface area (Å²) in [7, 11) is 0. The van der Waals surface area contributed by atoms with Gasteiger partial charge in [-0.15, -0.1) is 0 Å². The number of nitrogen functional groups attached to an aromatic ring is 1. The van der Waals surface area contributed by atoms with Crippen LogP contribution in [0.5, 0.6) is 5.75 Å². The molecule has 2 rings (SSSR count). The van der Waals surface area contributed by atoms with Crippen molar-refractivity contribution in [2.45, 2.75) is 33.1 Å². The Kier molecular flexibility index (Phi) is 6.45. The van der Waals surface area contributed by atoms with E-state index in [9.17, 15) is 9.59 Å². The highest BCUT2D eigenvalue weighted by Gasteiger charge is 2.21. The minimum Gasteiger partial charge on any atom is -0.482 e. The van der Waals surface area contributed by atoms with Gasteiger partial charge in [-0.1, -0.05) is 39.0 Å². The Labute approximate surface area is 159 Å². The first-order valence-electron chi connectivity index (χ1n) is 8.81. The smallest absolute Gasteiger partial charge is 0.344 e. The Balaban J connectivity index is 2.19. The first-order chi connectivity index (χ1) is 12.7. The van der Waals surface area contributed by atoms with E-state index in [1.807, 2.05) is 18.2 Å². The molecular weight excluding hydrogens is 344 g/mol. The van der Waals surface area contributed by atoms with Crippen molar-refractivity contribution in [3.8, 4) is 5.75 Å². The molecule has 0 atom stereocenters. The summed E-state index contributed by atoms with van der Waals surface area (Å²) < 4.78 is 10.2. The van der Waals surface area contributed by atoms with E-state index in [1.54, 1.807) is 31.2 Å². The third-order valence-corrected chi connectivity index (χ3v) is 3.91. The van der Waals surface area contributed by atoms with Gasteiger partial charge in [0, 0.05) is 11.6 Å². The Morgan fingerprint density at radius 3 is 2.48 bits per heavy atom. The lowest BCUT2D eigenvalue weighted by atomic mass is 9.83. The van der Waals surface area contributed by atoms with Crippen molar-refractivity contribution in [3.63, 3.8) is 0 Å². The van der Waals surface area contributed by atoms with E-state index in [2.05, 4.69) is 26.1 Å². The summed E-state index contributed by atoms with van der Waals surface area (Å²) in [6.45, 7) is 7.96. The molecule has 0 aliphatic heterocycles. The molecule has 0 spiro atoms. The van der Waals surface area contributed by atoms with Gasteiger partial charge in [0.15, 0.2) is 6.61 Å². The largest absolute Gasteiger partial charge is 0.482 e. The van der Waals surface area contributed by atoms with Crippen molar-refractivity contribution in [3.05, 3.63) is 53.6 Å². The predicted molar refractivity (Wildman–Crippen MR) is 106 cm³/mol. The number of esters is 1. The minimum absolute atomic E-state index is 0.177. The van der Waals surface area contributed by atoms with Crippen molar-refractivity contribution in [1.29, 1.82) is 0 Å². The van der Waals surface area contributed by atoms with Crippen LogP contribution in [0.25, 0.3) is 0 Å². The minimum atomic E-state index is -0.459. The third kappa shape index (κ3) is 5.48. The molecule has 144 valence electrons. The van der Waals surface area contributed by atoms with Crippen molar-refractivity contribution >= 4 is 23.3 Å². The van der Waals surface area contributed by atoms with Crippen LogP contribution in [0.15, 0.2) is 42.5 Å². The molecule has 0 bridgehead atoms. The van der Waals surface area contributed by atoms with Crippen LogP contribution in [0.2, 0.25) is 0 Å². The van der Waals surface area contributed by atoms with Gasteiger partial charge in [0.1, 0.15) is 5.75 Å². The fourth-order valence-electron chi connectivity index (χ4n) is 2.60. The number of nitrogens with two attached hydrogens (primary N) is 1. The standard InChI is InChI=1S/C21H26N2O4/c1-5-26-19(24)13-27-14-10-11-17(22)18(12-14)23-20(25)15-8-6-7-9-16(15)21(2,3)4/h6-12H,5,13,22H2,1-4H3,(H,23,25). The molecule has 2 aromatic carbocycles. The van der Waals surface area contributed by atoms with E-state index in [-0.39, 0.29) is 17.9 Å². The van der Waals surface area contributed by atoms with Crippen LogP contribution in [0, 0.1) is 0 Å². The summed E-state index contributed by atoms with van der Waals surface area (Å²) in [4.78, 5) is 24.2. The second kappa shape index (κ2) is 8.58. The second-order valence-electron chi connectivity index (χ2n) is 7.09. The van der Waals surface area contributed by atoms with Crippen LogP contribution in [-0.4, -0.2) is 25.1 Å². The highest BCUT2D eigenvalue weighted by molar-refractivity contribution is 6.07. The number of nitrogens with one attached hydrogen (secondary N) is 1. The van der Waals surface area contributed by atoms with Crippen molar-refractivity contribution in [2.24, 2.45) is 0 Å². The van der Waals surface area contributed by atoms with E-state index in [1.165, 1.54) is 0 Å². The SMILES string of the molecule is CCOC(=O)COc1ccc(N)c(NC(=O)c2ccccc2C(C)(C)C)c1. The van der Waals surface area contributed by atoms with E-state index in [4.69, 9.17) is 15.2 Å². The van der Waals surface area contributed by atoms with Gasteiger partial charge in [-0.2, -0.15) is 0 Å². The van der Waals surface area contributed by atoms with Gasteiger partial charge in [-0.25, -0.2) is 4.79 Å². The molecule has 6 heteroatoms. The van der Waals surface area contributed by atoms with Crippen LogP contribution in [0.4, 0.5) is 11.4 Å². The van der Waals surface area contributed by atoms with Crippen LogP contribution in [0.1, 0.15) is 43.6 Å². The van der Waals surface area contributed by atoms with E-state index < -0.39 is 5.97 Å². The normalized spacial score (nSPS) is 11.0. The molecule has 2 aromatic rings. The number of hydrogen-bond acceptors (Lipinski definition) is 5. The number of rotatable bonds is 6. The summed E-state index contributed by atoms with van der Waals surface area (Å²) in [5.41, 5.74) is 8.16. The second-order valence-corrected chi connectivity index (χ2v) is 7.09. The molecule has 3 N–H and O–H groups in total. The van der Waals surface area contributed by atoms with Crippen LogP contribution in [0.3, 0.4) is 0 Å². The molecule has 27 heavy (non-hydrogen) atoms. The molecule has 0 unspecified atom stereocenters. The number of benzene rings is 2. The van der Waals surface area contributed by atoms with Crippen molar-refractivity contribution in [2.75, 3.05) is 24.3 Å². The average molecular weight is 370 g/mol. The van der Waals surface area contributed by atoms with E-state index >= 15 is 0 Å². The zero-order valence-electron chi connectivity index (χ0n) is 16.2. The molecule has 0 heterocycles. The molecule has 0 saturated heterocycles. The Morgan fingerprint density at radius 2 is 1.81 bits per heavy atom. The number of carbonyl (C=O) groups is 2. The quantitative estimate of drug-likeness (QED) is 0.597.